The Labute approximate surface area is 161 Å². The van der Waals surface area contributed by atoms with Crippen LogP contribution in [0.15, 0.2) is 30.3 Å². The number of fused-ring (bicyclic) bond motifs is 1. The Morgan fingerprint density at radius 1 is 1.00 bits per heavy atom. The summed E-state index contributed by atoms with van der Waals surface area (Å²) in [5.74, 6) is 0.424. The average Bonchev–Trinajstić information content (AvgIpc) is 3.30. The number of hydrogen-bond acceptors (Lipinski definition) is 3. The molecule has 27 heavy (non-hydrogen) atoms. The van der Waals surface area contributed by atoms with Crippen LogP contribution in [0.3, 0.4) is 0 Å². The summed E-state index contributed by atoms with van der Waals surface area (Å²) < 4.78 is 5.71. The predicted molar refractivity (Wildman–Crippen MR) is 103 cm³/mol. The second-order valence-corrected chi connectivity index (χ2v) is 8.13. The van der Waals surface area contributed by atoms with Gasteiger partial charge in [-0.25, -0.2) is 0 Å². The Morgan fingerprint density at radius 2 is 1.81 bits per heavy atom. The van der Waals surface area contributed by atoms with E-state index in [0.29, 0.717) is 13.2 Å². The summed E-state index contributed by atoms with van der Waals surface area (Å²) >= 11 is 0. The first kappa shape index (κ1) is 18.5. The third-order valence-corrected chi connectivity index (χ3v) is 6.48. The molecule has 0 saturated carbocycles. The second kappa shape index (κ2) is 8.01. The first-order valence-electron chi connectivity index (χ1n) is 10.4. The minimum absolute atomic E-state index is 0.0653. The van der Waals surface area contributed by atoms with Crippen molar-refractivity contribution in [2.45, 2.75) is 69.6 Å². The highest BCUT2D eigenvalue weighted by Gasteiger charge is 2.49. The lowest BCUT2D eigenvalue weighted by atomic mass is 9.87. The molecule has 3 aliphatic rings. The fourth-order valence-electron chi connectivity index (χ4n) is 5.20. The van der Waals surface area contributed by atoms with Gasteiger partial charge in [-0.15, -0.1) is 0 Å². The molecule has 4 rings (SSSR count). The zero-order chi connectivity index (χ0) is 18.8. The van der Waals surface area contributed by atoms with Crippen molar-refractivity contribution in [1.29, 1.82) is 0 Å². The highest BCUT2D eigenvalue weighted by Crippen LogP contribution is 2.40. The van der Waals surface area contributed by atoms with Gasteiger partial charge in [0.2, 0.25) is 5.91 Å². The highest BCUT2D eigenvalue weighted by atomic mass is 16.5. The third-order valence-electron chi connectivity index (χ3n) is 6.48. The summed E-state index contributed by atoms with van der Waals surface area (Å²) in [7, 11) is 0. The lowest BCUT2D eigenvalue weighted by molar-refractivity contribution is -0.144. The number of amides is 2. The van der Waals surface area contributed by atoms with Crippen LogP contribution in [-0.2, 0) is 14.3 Å². The maximum absolute atomic E-state index is 13.3. The highest BCUT2D eigenvalue weighted by molar-refractivity contribution is 5.82. The van der Waals surface area contributed by atoms with Gasteiger partial charge in [-0.2, -0.15) is 0 Å². The van der Waals surface area contributed by atoms with Crippen LogP contribution in [0.2, 0.25) is 0 Å². The van der Waals surface area contributed by atoms with Gasteiger partial charge in [-0.1, -0.05) is 43.2 Å². The number of benzene rings is 1. The van der Waals surface area contributed by atoms with E-state index in [2.05, 4.69) is 29.2 Å². The quantitative estimate of drug-likeness (QED) is 0.804. The van der Waals surface area contributed by atoms with Crippen molar-refractivity contribution in [3.8, 4) is 0 Å². The molecular weight excluding hydrogens is 340 g/mol. The van der Waals surface area contributed by atoms with Crippen molar-refractivity contribution in [3.05, 3.63) is 35.9 Å². The van der Waals surface area contributed by atoms with Gasteiger partial charge in [-0.05, 0) is 31.2 Å². The summed E-state index contributed by atoms with van der Waals surface area (Å²) in [5.41, 5.74) is 1.22. The zero-order valence-corrected chi connectivity index (χ0v) is 16.2. The minimum atomic E-state index is -0.295. The van der Waals surface area contributed by atoms with Gasteiger partial charge in [0, 0.05) is 32.5 Å². The molecule has 0 bridgehead atoms. The normalized spacial score (nSPS) is 31.3. The van der Waals surface area contributed by atoms with E-state index in [1.807, 2.05) is 11.0 Å². The van der Waals surface area contributed by atoms with Crippen LogP contribution in [-0.4, -0.2) is 59.5 Å². The molecule has 4 atom stereocenters. The number of ether oxygens (including phenoxy) is 1. The second-order valence-electron chi connectivity index (χ2n) is 8.13. The lowest BCUT2D eigenvalue weighted by Crippen LogP contribution is -2.52. The molecule has 146 valence electrons. The van der Waals surface area contributed by atoms with E-state index in [9.17, 15) is 9.59 Å². The molecule has 3 fully saturated rings. The van der Waals surface area contributed by atoms with Crippen LogP contribution >= 0.6 is 0 Å². The summed E-state index contributed by atoms with van der Waals surface area (Å²) in [6.07, 6.45) is 5.73. The molecule has 0 radical (unpaired) electrons. The van der Waals surface area contributed by atoms with Crippen molar-refractivity contribution < 1.29 is 14.3 Å². The topological polar surface area (TPSA) is 49.9 Å². The lowest BCUT2D eigenvalue weighted by Gasteiger charge is -2.39. The molecule has 2 amide bonds. The van der Waals surface area contributed by atoms with E-state index in [0.717, 1.165) is 45.1 Å². The van der Waals surface area contributed by atoms with Gasteiger partial charge in [0.15, 0.2) is 0 Å². The van der Waals surface area contributed by atoms with Gasteiger partial charge in [0.1, 0.15) is 6.10 Å². The summed E-state index contributed by atoms with van der Waals surface area (Å²) in [4.78, 5) is 29.9. The molecule has 5 nitrogen and oxygen atoms in total. The molecule has 0 unspecified atom stereocenters. The Kier molecular flexibility index (Phi) is 5.48. The SMILES string of the molecule is CC(=O)N1CCCCC[C@@H]2[C@@H]1[C@H](c1ccccc1)CN2C(=O)[C@@H]1CCCO1. The smallest absolute Gasteiger partial charge is 0.252 e. The molecule has 1 aromatic rings. The predicted octanol–water partition coefficient (Wildman–Crippen LogP) is 2.95. The Balaban J connectivity index is 1.69. The number of carbonyl (C=O) groups is 2. The Morgan fingerprint density at radius 3 is 2.52 bits per heavy atom. The molecule has 3 aliphatic heterocycles. The number of rotatable bonds is 2. The maximum atomic E-state index is 13.3. The van der Waals surface area contributed by atoms with Crippen LogP contribution in [0.4, 0.5) is 0 Å². The largest absolute Gasteiger partial charge is 0.368 e. The van der Waals surface area contributed by atoms with Crippen LogP contribution in [0.1, 0.15) is 56.9 Å². The number of hydrogen-bond donors (Lipinski definition) is 0. The summed E-state index contributed by atoms with van der Waals surface area (Å²) in [6.45, 7) is 3.83. The molecule has 0 spiro atoms. The fraction of sp³-hybridized carbons (Fsp3) is 0.636. The van der Waals surface area contributed by atoms with Gasteiger partial charge < -0.3 is 14.5 Å². The van der Waals surface area contributed by atoms with E-state index < -0.39 is 0 Å². The van der Waals surface area contributed by atoms with Gasteiger partial charge in [0.25, 0.3) is 5.91 Å². The molecule has 3 heterocycles. The minimum Gasteiger partial charge on any atom is -0.368 e. The molecule has 1 aromatic carbocycles. The first-order chi connectivity index (χ1) is 13.2. The van der Waals surface area contributed by atoms with Crippen molar-refractivity contribution in [2.24, 2.45) is 0 Å². The summed E-state index contributed by atoms with van der Waals surface area (Å²) in [5, 5.41) is 0. The Hall–Kier alpha value is -1.88. The molecule has 0 N–H and O–H groups in total. The maximum Gasteiger partial charge on any atom is 0.252 e. The molecule has 0 aromatic heterocycles. The molecular formula is C22H30N2O3. The van der Waals surface area contributed by atoms with E-state index >= 15 is 0 Å². The standard InChI is InChI=1S/C22H30N2O3/c1-16(25)23-13-7-3-6-11-19-21(23)18(17-9-4-2-5-10-17)15-24(19)22(26)20-12-8-14-27-20/h2,4-5,9-10,18-21H,3,6-8,11-15H2,1H3/t18-,19+,20-,21-/m0/s1. The number of carbonyl (C=O) groups excluding carboxylic acids is 2. The van der Waals surface area contributed by atoms with Crippen LogP contribution in [0, 0.1) is 0 Å². The van der Waals surface area contributed by atoms with Crippen LogP contribution < -0.4 is 0 Å². The van der Waals surface area contributed by atoms with Crippen molar-refractivity contribution >= 4 is 11.8 Å². The molecule has 5 heteroatoms. The average molecular weight is 370 g/mol. The van der Waals surface area contributed by atoms with Crippen molar-refractivity contribution in [2.75, 3.05) is 19.7 Å². The number of nitrogens with zero attached hydrogens (tertiary/aromatic N) is 2. The Bertz CT molecular complexity index is 671. The number of likely N-dealkylation sites (tertiary alicyclic amines) is 2. The third kappa shape index (κ3) is 3.62. The van der Waals surface area contributed by atoms with Gasteiger partial charge in [-0.3, -0.25) is 9.59 Å². The first-order valence-corrected chi connectivity index (χ1v) is 10.4. The van der Waals surface area contributed by atoms with Gasteiger partial charge >= 0.3 is 0 Å². The zero-order valence-electron chi connectivity index (χ0n) is 16.2. The molecule has 3 saturated heterocycles. The fourth-order valence-corrected chi connectivity index (χ4v) is 5.20. The molecule has 0 aliphatic carbocycles. The monoisotopic (exact) mass is 370 g/mol. The van der Waals surface area contributed by atoms with E-state index in [-0.39, 0.29) is 35.9 Å². The van der Waals surface area contributed by atoms with E-state index in [1.54, 1.807) is 6.92 Å². The van der Waals surface area contributed by atoms with E-state index in [1.165, 1.54) is 5.56 Å². The summed E-state index contributed by atoms with van der Waals surface area (Å²) in [6, 6.07) is 10.6. The van der Waals surface area contributed by atoms with Gasteiger partial charge in [0.05, 0.1) is 12.1 Å². The van der Waals surface area contributed by atoms with Crippen molar-refractivity contribution in [1.82, 2.24) is 9.80 Å². The van der Waals surface area contributed by atoms with Crippen molar-refractivity contribution in [3.63, 3.8) is 0 Å². The van der Waals surface area contributed by atoms with Crippen LogP contribution in [0.5, 0.6) is 0 Å². The van der Waals surface area contributed by atoms with E-state index in [4.69, 9.17) is 4.74 Å². The van der Waals surface area contributed by atoms with Crippen LogP contribution in [0.25, 0.3) is 0 Å².